The molecule has 3 heteroatoms. The Bertz CT molecular complexity index is 250. The maximum atomic E-state index is 6.62. The van der Waals surface area contributed by atoms with E-state index in [0.29, 0.717) is 0 Å². The van der Waals surface area contributed by atoms with E-state index in [1.807, 2.05) is 0 Å². The highest BCUT2D eigenvalue weighted by Gasteiger charge is 2.52. The highest BCUT2D eigenvalue weighted by atomic mass is 28.4. The van der Waals surface area contributed by atoms with Gasteiger partial charge in [0.15, 0.2) is 0 Å². The lowest BCUT2D eigenvalue weighted by molar-refractivity contribution is 0.140. The summed E-state index contributed by atoms with van der Waals surface area (Å²) in [6.45, 7) is 6.30. The van der Waals surface area contributed by atoms with E-state index in [9.17, 15) is 0 Å². The Morgan fingerprint density at radius 2 is 1.10 bits per heavy atom. The lowest BCUT2D eigenvalue weighted by atomic mass is 10.0. The van der Waals surface area contributed by atoms with E-state index in [4.69, 9.17) is 8.85 Å². The van der Waals surface area contributed by atoms with Crippen LogP contribution in [0.25, 0.3) is 0 Å². The largest absolute Gasteiger partial charge is 0.394 e. The van der Waals surface area contributed by atoms with E-state index in [1.54, 1.807) is 0 Å². The van der Waals surface area contributed by atoms with Gasteiger partial charge in [-0.1, -0.05) is 46.0 Å². The van der Waals surface area contributed by atoms with Crippen LogP contribution in [-0.2, 0) is 8.85 Å². The average molecular weight is 299 g/mol. The van der Waals surface area contributed by atoms with Crippen LogP contribution in [0.5, 0.6) is 0 Å². The van der Waals surface area contributed by atoms with Gasteiger partial charge in [-0.3, -0.25) is 0 Å². The molecule has 0 aliphatic heterocycles. The molecule has 2 fully saturated rings. The van der Waals surface area contributed by atoms with E-state index in [-0.39, 0.29) is 0 Å². The van der Waals surface area contributed by atoms with Crippen molar-refractivity contribution in [1.29, 1.82) is 0 Å². The number of rotatable bonds is 8. The number of hydrogen-bond donors (Lipinski definition) is 0. The quantitative estimate of drug-likeness (QED) is 0.546. The molecule has 118 valence electrons. The summed E-state index contributed by atoms with van der Waals surface area (Å²) in [5, 5.41) is 0. The van der Waals surface area contributed by atoms with Crippen LogP contribution in [0.15, 0.2) is 0 Å². The standard InChI is InChI=1S/C17H34O2Si/c1-3-14-18-20(19-15-4-2,17-12-8-9-13-17)16-10-6-5-7-11-16/h16-17H,3-15H2,1-2H3. The second kappa shape index (κ2) is 8.55. The highest BCUT2D eigenvalue weighted by molar-refractivity contribution is 6.70. The Kier molecular flexibility index (Phi) is 7.06. The zero-order valence-electron chi connectivity index (χ0n) is 13.7. The van der Waals surface area contributed by atoms with Crippen LogP contribution in [0, 0.1) is 0 Å². The Hall–Kier alpha value is 0.137. The van der Waals surface area contributed by atoms with Gasteiger partial charge in [-0.05, 0) is 38.5 Å². The van der Waals surface area contributed by atoms with E-state index < -0.39 is 8.56 Å². The fourth-order valence-corrected chi connectivity index (χ4v) is 9.37. The molecule has 2 rings (SSSR count). The molecule has 2 nitrogen and oxygen atoms in total. The molecule has 2 aliphatic rings. The minimum Gasteiger partial charge on any atom is -0.394 e. The monoisotopic (exact) mass is 298 g/mol. The van der Waals surface area contributed by atoms with Gasteiger partial charge in [0.05, 0.1) is 0 Å². The van der Waals surface area contributed by atoms with Crippen LogP contribution < -0.4 is 0 Å². The zero-order chi connectivity index (χ0) is 14.3. The molecule has 0 bridgehead atoms. The summed E-state index contributed by atoms with van der Waals surface area (Å²) in [5.41, 5.74) is 1.56. The van der Waals surface area contributed by atoms with Crippen molar-refractivity contribution in [3.8, 4) is 0 Å². The molecule has 0 atom stereocenters. The average Bonchev–Trinajstić information content (AvgIpc) is 3.04. The van der Waals surface area contributed by atoms with Crippen LogP contribution in [0.4, 0.5) is 0 Å². The predicted octanol–water partition coefficient (Wildman–Crippen LogP) is 5.56. The van der Waals surface area contributed by atoms with Crippen molar-refractivity contribution in [2.45, 2.75) is 95.6 Å². The van der Waals surface area contributed by atoms with Crippen molar-refractivity contribution in [3.63, 3.8) is 0 Å². The fourth-order valence-electron chi connectivity index (χ4n) is 4.20. The molecule has 0 saturated heterocycles. The Labute approximate surface area is 126 Å². The van der Waals surface area contributed by atoms with Gasteiger partial charge in [-0.2, -0.15) is 0 Å². The molecule has 2 saturated carbocycles. The molecule has 0 amide bonds. The molecule has 0 aromatic heterocycles. The van der Waals surface area contributed by atoms with Crippen molar-refractivity contribution in [2.24, 2.45) is 0 Å². The van der Waals surface area contributed by atoms with Crippen molar-refractivity contribution in [2.75, 3.05) is 13.2 Å². The van der Waals surface area contributed by atoms with Crippen LogP contribution in [0.2, 0.25) is 11.1 Å². The van der Waals surface area contributed by atoms with Crippen LogP contribution in [-0.4, -0.2) is 21.8 Å². The summed E-state index contributed by atoms with van der Waals surface area (Å²) in [4.78, 5) is 0. The normalized spacial score (nSPS) is 22.5. The summed E-state index contributed by atoms with van der Waals surface area (Å²) < 4.78 is 13.2. The molecule has 0 unspecified atom stereocenters. The van der Waals surface area contributed by atoms with Gasteiger partial charge >= 0.3 is 8.56 Å². The van der Waals surface area contributed by atoms with Crippen LogP contribution >= 0.6 is 0 Å². The third-order valence-corrected chi connectivity index (χ3v) is 9.90. The smallest absolute Gasteiger partial charge is 0.344 e. The molecular weight excluding hydrogens is 264 g/mol. The molecular formula is C17H34O2Si. The molecule has 0 aromatic carbocycles. The van der Waals surface area contributed by atoms with Crippen molar-refractivity contribution in [3.05, 3.63) is 0 Å². The third-order valence-electron chi connectivity index (χ3n) is 5.16. The van der Waals surface area contributed by atoms with E-state index in [1.165, 1.54) is 57.8 Å². The molecule has 0 aromatic rings. The lowest BCUT2D eigenvalue weighted by Gasteiger charge is -2.43. The van der Waals surface area contributed by atoms with E-state index >= 15 is 0 Å². The first kappa shape index (κ1) is 16.5. The molecule has 0 heterocycles. The minimum absolute atomic E-state index is 0.775. The van der Waals surface area contributed by atoms with Crippen LogP contribution in [0.3, 0.4) is 0 Å². The minimum atomic E-state index is -2.00. The molecule has 0 radical (unpaired) electrons. The summed E-state index contributed by atoms with van der Waals surface area (Å²) in [5.74, 6) is 0. The fraction of sp³-hybridized carbons (Fsp3) is 1.00. The van der Waals surface area contributed by atoms with Gasteiger partial charge in [-0.15, -0.1) is 0 Å². The Morgan fingerprint density at radius 1 is 0.700 bits per heavy atom. The van der Waals surface area contributed by atoms with Gasteiger partial charge in [0.1, 0.15) is 0 Å². The second-order valence-electron chi connectivity index (χ2n) is 6.73. The van der Waals surface area contributed by atoms with Gasteiger partial charge in [0.2, 0.25) is 0 Å². The third kappa shape index (κ3) is 3.86. The Balaban J connectivity index is 2.15. The van der Waals surface area contributed by atoms with E-state index in [2.05, 4.69) is 13.8 Å². The summed E-state index contributed by atoms with van der Waals surface area (Å²) in [6, 6.07) is 0. The maximum absolute atomic E-state index is 6.62. The molecule has 0 N–H and O–H groups in total. The maximum Gasteiger partial charge on any atom is 0.344 e. The predicted molar refractivity (Wildman–Crippen MR) is 87.3 cm³/mol. The zero-order valence-corrected chi connectivity index (χ0v) is 14.7. The van der Waals surface area contributed by atoms with Gasteiger partial charge in [0, 0.05) is 24.3 Å². The second-order valence-corrected chi connectivity index (χ2v) is 10.4. The van der Waals surface area contributed by atoms with Gasteiger partial charge < -0.3 is 8.85 Å². The van der Waals surface area contributed by atoms with Crippen molar-refractivity contribution >= 4 is 8.56 Å². The molecule has 0 spiro atoms. The SMILES string of the molecule is CCCO[Si](OCCC)(C1CCCCC1)C1CCCC1. The molecule has 2 aliphatic carbocycles. The van der Waals surface area contributed by atoms with Crippen LogP contribution in [0.1, 0.15) is 84.5 Å². The highest BCUT2D eigenvalue weighted by Crippen LogP contribution is 2.50. The van der Waals surface area contributed by atoms with E-state index in [0.717, 1.165) is 37.1 Å². The summed E-state index contributed by atoms with van der Waals surface area (Å²) in [7, 11) is -2.00. The first-order chi connectivity index (χ1) is 9.83. The first-order valence-electron chi connectivity index (χ1n) is 9.11. The first-order valence-corrected chi connectivity index (χ1v) is 11.1. The summed E-state index contributed by atoms with van der Waals surface area (Å²) in [6.07, 6.45) is 14.8. The number of hydrogen-bond acceptors (Lipinski definition) is 2. The molecule has 20 heavy (non-hydrogen) atoms. The van der Waals surface area contributed by atoms with Gasteiger partial charge in [0.25, 0.3) is 0 Å². The van der Waals surface area contributed by atoms with Crippen molar-refractivity contribution < 1.29 is 8.85 Å². The van der Waals surface area contributed by atoms with Gasteiger partial charge in [-0.25, -0.2) is 0 Å². The summed E-state index contributed by atoms with van der Waals surface area (Å²) >= 11 is 0. The Morgan fingerprint density at radius 3 is 1.50 bits per heavy atom. The topological polar surface area (TPSA) is 18.5 Å². The van der Waals surface area contributed by atoms with Crippen molar-refractivity contribution in [1.82, 2.24) is 0 Å². The lowest BCUT2D eigenvalue weighted by Crippen LogP contribution is -2.51.